The van der Waals surface area contributed by atoms with Crippen LogP contribution in [0, 0.1) is 0 Å². The molecular weight excluding hydrogens is 276 g/mol. The number of benzene rings is 2. The van der Waals surface area contributed by atoms with Gasteiger partial charge in [-0.3, -0.25) is 0 Å². The molecule has 1 aliphatic rings. The molecule has 1 fully saturated rings. The molecule has 0 aliphatic carbocycles. The van der Waals surface area contributed by atoms with E-state index in [1.165, 1.54) is 11.1 Å². The van der Waals surface area contributed by atoms with Crippen LogP contribution in [-0.4, -0.2) is 22.2 Å². The average Bonchev–Trinajstić information content (AvgIpc) is 3.00. The van der Waals surface area contributed by atoms with Crippen LogP contribution in [0.1, 0.15) is 11.1 Å². The molecule has 2 aromatic carbocycles. The summed E-state index contributed by atoms with van der Waals surface area (Å²) in [7, 11) is 0.102. The van der Waals surface area contributed by atoms with Gasteiger partial charge in [-0.2, -0.15) is 0 Å². The van der Waals surface area contributed by atoms with Gasteiger partial charge < -0.3 is 0 Å². The minimum Gasteiger partial charge on any atom is -0.0622 e. The lowest BCUT2D eigenvalue weighted by molar-refractivity contribution is 0.236. The van der Waals surface area contributed by atoms with Crippen molar-refractivity contribution in [2.24, 2.45) is 0 Å². The molecule has 0 bridgehead atoms. The monoisotopic (exact) mass is 292 g/mol. The Bertz CT molecular complexity index is 552. The van der Waals surface area contributed by atoms with E-state index in [9.17, 15) is 0 Å². The third kappa shape index (κ3) is 4.01. The van der Waals surface area contributed by atoms with E-state index in [0.29, 0.717) is 0 Å². The van der Waals surface area contributed by atoms with Crippen molar-refractivity contribution in [2.45, 2.75) is 12.2 Å². The zero-order valence-electron chi connectivity index (χ0n) is 11.6. The zero-order valence-corrected chi connectivity index (χ0v) is 12.6. The van der Waals surface area contributed by atoms with Gasteiger partial charge in [-0.25, -0.2) is 0 Å². The predicted molar refractivity (Wildman–Crippen MR) is 86.5 cm³/mol. The Morgan fingerprint density at radius 2 is 1.10 bits per heavy atom. The van der Waals surface area contributed by atoms with Crippen LogP contribution in [0.2, 0.25) is 0 Å². The van der Waals surface area contributed by atoms with E-state index >= 15 is 0 Å². The number of rotatable bonds is 4. The maximum Gasteiger partial charge on any atom is 1.47 e. The minimum absolute atomic E-state index is 0.0245. The largest absolute Gasteiger partial charge is 1.47 e. The second-order valence-electron chi connectivity index (χ2n) is 4.79. The molecule has 1 heterocycles. The van der Waals surface area contributed by atoms with E-state index in [4.69, 9.17) is 8.85 Å². The summed E-state index contributed by atoms with van der Waals surface area (Å²) in [6, 6.07) is 20.4. The second kappa shape index (κ2) is 7.18. The van der Waals surface area contributed by atoms with Crippen LogP contribution in [0.25, 0.3) is 12.2 Å². The van der Waals surface area contributed by atoms with Crippen molar-refractivity contribution in [2.75, 3.05) is 0 Å². The lowest BCUT2D eigenvalue weighted by Crippen LogP contribution is -2.17. The fourth-order valence-corrected chi connectivity index (χ4v) is 2.81. The highest BCUT2D eigenvalue weighted by Crippen LogP contribution is 2.17. The summed E-state index contributed by atoms with van der Waals surface area (Å²) >= 11 is 0. The Labute approximate surface area is 127 Å². The molecule has 3 heteroatoms. The summed E-state index contributed by atoms with van der Waals surface area (Å²) < 4.78 is 11.3. The fourth-order valence-electron chi connectivity index (χ4n) is 2.11. The fraction of sp³-hybridized carbons (Fsp3) is 0.111. The zero-order chi connectivity index (χ0) is 14.3. The molecule has 2 aromatic rings. The molecule has 0 spiro atoms. The van der Waals surface area contributed by atoms with E-state index in [1.54, 1.807) is 0 Å². The first-order valence-corrected chi connectivity index (χ1v) is 7.76. The van der Waals surface area contributed by atoms with Gasteiger partial charge in [-0.15, -0.1) is 0 Å². The molecule has 0 unspecified atom stereocenters. The molecule has 21 heavy (non-hydrogen) atoms. The molecule has 0 radical (unpaired) electrons. The first-order chi connectivity index (χ1) is 10.4. The summed E-state index contributed by atoms with van der Waals surface area (Å²) in [6.45, 7) is 0. The van der Waals surface area contributed by atoms with Crippen LogP contribution < -0.4 is 0 Å². The van der Waals surface area contributed by atoms with Crippen molar-refractivity contribution < 1.29 is 8.85 Å². The van der Waals surface area contributed by atoms with Crippen LogP contribution in [0.15, 0.2) is 72.8 Å². The van der Waals surface area contributed by atoms with Crippen LogP contribution in [0.4, 0.5) is 0 Å². The molecule has 2 atom stereocenters. The quantitative estimate of drug-likeness (QED) is 0.799. The lowest BCUT2D eigenvalue weighted by atomic mass is 10.1. The first-order valence-electron chi connectivity index (χ1n) is 6.95. The predicted octanol–water partition coefficient (Wildman–Crippen LogP) is 3.73. The van der Waals surface area contributed by atoms with Gasteiger partial charge in [0.25, 0.3) is 0 Å². The number of hydrogen-bond acceptors (Lipinski definition) is 2. The highest BCUT2D eigenvalue weighted by atomic mass is 28.3. The molecule has 102 valence electrons. The molecule has 0 aromatic heterocycles. The Hall–Kier alpha value is -1.94. The van der Waals surface area contributed by atoms with E-state index in [0.717, 1.165) is 0 Å². The van der Waals surface area contributed by atoms with Crippen molar-refractivity contribution in [1.29, 1.82) is 0 Å². The van der Waals surface area contributed by atoms with E-state index in [-0.39, 0.29) is 22.2 Å². The highest BCUT2D eigenvalue weighted by molar-refractivity contribution is 6.19. The van der Waals surface area contributed by atoms with Crippen LogP contribution in [0.5, 0.6) is 0 Å². The standard InChI is InChI=1S/C18H16O2Si/c1-3-7-15(8-4-1)11-13-17-18(20-21-19-17)14-12-16-9-5-2-6-10-16/h1-14,17-18H/q+2/b13-11+,14-12+/t17-,18-/m1/s1. The molecular formula is C18H16O2Si+2. The Morgan fingerprint density at radius 1 is 0.667 bits per heavy atom. The van der Waals surface area contributed by atoms with E-state index in [1.807, 2.05) is 36.4 Å². The third-order valence-corrected chi connectivity index (χ3v) is 3.98. The molecule has 0 saturated carbocycles. The summed E-state index contributed by atoms with van der Waals surface area (Å²) in [6.07, 6.45) is 8.23. The van der Waals surface area contributed by atoms with Crippen LogP contribution in [-0.2, 0) is 8.85 Å². The van der Waals surface area contributed by atoms with Crippen molar-refractivity contribution >= 4 is 22.2 Å². The maximum atomic E-state index is 5.64. The first kappa shape index (κ1) is 14.0. The number of hydrogen-bond donors (Lipinski definition) is 0. The van der Waals surface area contributed by atoms with Gasteiger partial charge in [-0.1, -0.05) is 72.8 Å². The maximum absolute atomic E-state index is 5.64. The molecule has 0 amide bonds. The SMILES string of the molecule is C(=C\[C@H]1O[Si+2]O[C@@H]1/C=C/c1ccccc1)/c1ccccc1. The van der Waals surface area contributed by atoms with Crippen molar-refractivity contribution in [3.63, 3.8) is 0 Å². The smallest absolute Gasteiger partial charge is 0.0622 e. The molecule has 3 rings (SSSR count). The average molecular weight is 292 g/mol. The van der Waals surface area contributed by atoms with E-state index in [2.05, 4.69) is 48.6 Å². The highest BCUT2D eigenvalue weighted by Gasteiger charge is 2.65. The molecule has 1 saturated heterocycles. The summed E-state index contributed by atoms with van der Waals surface area (Å²) in [5.74, 6) is 0. The van der Waals surface area contributed by atoms with Gasteiger partial charge in [0.15, 0.2) is 12.2 Å². The van der Waals surface area contributed by atoms with E-state index < -0.39 is 0 Å². The van der Waals surface area contributed by atoms with Gasteiger partial charge in [0.2, 0.25) is 0 Å². The van der Waals surface area contributed by atoms with Crippen LogP contribution in [0.3, 0.4) is 0 Å². The minimum atomic E-state index is -0.0245. The summed E-state index contributed by atoms with van der Waals surface area (Å²) in [5.41, 5.74) is 2.34. The Morgan fingerprint density at radius 3 is 1.52 bits per heavy atom. The van der Waals surface area contributed by atoms with Crippen molar-refractivity contribution in [3.05, 3.63) is 83.9 Å². The summed E-state index contributed by atoms with van der Waals surface area (Å²) in [4.78, 5) is 0. The Balaban J connectivity index is 1.66. The van der Waals surface area contributed by atoms with Crippen molar-refractivity contribution in [3.8, 4) is 0 Å². The van der Waals surface area contributed by atoms with Crippen molar-refractivity contribution in [1.82, 2.24) is 0 Å². The Kier molecular flexibility index (Phi) is 4.79. The van der Waals surface area contributed by atoms with Gasteiger partial charge in [0, 0.05) is 0 Å². The van der Waals surface area contributed by atoms with Gasteiger partial charge in [-0.05, 0) is 32.1 Å². The molecule has 1 aliphatic heterocycles. The second-order valence-corrected chi connectivity index (χ2v) is 5.43. The normalized spacial score (nSPS) is 21.5. The topological polar surface area (TPSA) is 18.5 Å². The van der Waals surface area contributed by atoms with Gasteiger partial charge in [0.05, 0.1) is 0 Å². The molecule has 2 nitrogen and oxygen atoms in total. The van der Waals surface area contributed by atoms with Crippen LogP contribution >= 0.6 is 0 Å². The summed E-state index contributed by atoms with van der Waals surface area (Å²) in [5, 5.41) is 0. The lowest BCUT2D eigenvalue weighted by Gasteiger charge is -2.00. The van der Waals surface area contributed by atoms with Gasteiger partial charge >= 0.3 is 10.0 Å². The molecule has 0 N–H and O–H groups in total. The van der Waals surface area contributed by atoms with Gasteiger partial charge in [0.1, 0.15) is 0 Å². The third-order valence-electron chi connectivity index (χ3n) is 3.25.